The molecule has 0 saturated heterocycles. The quantitative estimate of drug-likeness (QED) is 0.0188. The molecule has 0 saturated carbocycles. The van der Waals surface area contributed by atoms with Crippen molar-refractivity contribution in [2.24, 2.45) is 17.3 Å². The van der Waals surface area contributed by atoms with Crippen molar-refractivity contribution in [1.29, 1.82) is 0 Å². The number of carboxylic acids is 1. The lowest BCUT2D eigenvalue weighted by Crippen LogP contribution is -2.26. The number of rotatable bonds is 65. The van der Waals surface area contributed by atoms with Crippen LogP contribution in [0, 0.1) is 17.3 Å². The Hall–Kier alpha value is -8.35. The fourth-order valence-corrected chi connectivity index (χ4v) is 11.0. The van der Waals surface area contributed by atoms with Crippen LogP contribution in [-0.4, -0.2) is 108 Å². The van der Waals surface area contributed by atoms with Crippen LogP contribution in [0.15, 0.2) is 78.9 Å². The Morgan fingerprint density at radius 2 is 0.590 bits per heavy atom. The van der Waals surface area contributed by atoms with Crippen LogP contribution in [0.25, 0.3) is 18.2 Å². The standard InChI is InChI=1S/C64H96O12.C28H44O7.C5H12.6CH4/c1-9-15-20-25-44-68-55-40-32-51(59(70-46-26-21-16-10-2)61(55)72-48-28-23-18-12-4)34-42-57(65)75-53-36-38-54(39-37-53)76-58(66)43-35-52-33-41-56(69-45-30-31-50-74-63(67)64(7,8)14-6)62(73-49-29-24-19-13-5)60(52)71-47-27-22-17-11-3;1-5-8-10-12-18-33-26-23(15-17-25(29)30)14-16-24(27(26)34-19-13-11-9-6-2)32-20-21-35-28(31)22(4)7-3;1-4-5(2)3;;;;;;/h32-43H,9-31,44-50H2,1-8H3;14-17,22H,5-13,18-21H2,1-4H3,(H,29,30);5H,4H2,1-3H3;6*1H4/b42-34+,43-35+;17-15+;;;;;;;. The molecule has 1 unspecified atom stereocenters. The maximum atomic E-state index is 13.3. The molecule has 0 aliphatic rings. The number of aliphatic carboxylic acids is 1. The van der Waals surface area contributed by atoms with Gasteiger partial charge in [0.2, 0.25) is 17.2 Å². The molecule has 0 aromatic heterocycles. The fourth-order valence-electron chi connectivity index (χ4n) is 11.0. The summed E-state index contributed by atoms with van der Waals surface area (Å²) in [6, 6.07) is 17.3. The van der Waals surface area contributed by atoms with Crippen molar-refractivity contribution in [3.8, 4) is 63.2 Å². The van der Waals surface area contributed by atoms with Crippen molar-refractivity contribution in [3.63, 3.8) is 0 Å². The predicted molar refractivity (Wildman–Crippen MR) is 510 cm³/mol. The van der Waals surface area contributed by atoms with E-state index >= 15 is 0 Å². The molecule has 4 aromatic rings. The van der Waals surface area contributed by atoms with Gasteiger partial charge in [0.05, 0.1) is 70.8 Å². The first-order valence-corrected chi connectivity index (χ1v) is 44.5. The number of ether oxygens (including phenoxy) is 13. The molecule has 4 rings (SSSR count). The van der Waals surface area contributed by atoms with Gasteiger partial charge in [0.1, 0.15) is 24.7 Å². The Kier molecular flexibility index (Phi) is 78.7. The maximum absolute atomic E-state index is 13.3. The second-order valence-electron chi connectivity index (χ2n) is 30.5. The van der Waals surface area contributed by atoms with Gasteiger partial charge in [-0.25, -0.2) is 14.4 Å². The van der Waals surface area contributed by atoms with Crippen LogP contribution in [0.1, 0.15) is 377 Å². The van der Waals surface area contributed by atoms with Gasteiger partial charge in [-0.15, -0.1) is 0 Å². The first-order chi connectivity index (χ1) is 56.2. The molecular weight excluding hydrogens is 1540 g/mol. The van der Waals surface area contributed by atoms with E-state index in [0.29, 0.717) is 147 Å². The highest BCUT2D eigenvalue weighted by atomic mass is 16.6. The van der Waals surface area contributed by atoms with E-state index in [1.807, 2.05) is 58.9 Å². The molecule has 122 heavy (non-hydrogen) atoms. The molecule has 0 aliphatic heterocycles. The third kappa shape index (κ3) is 55.0. The molecule has 19 heteroatoms. The molecular formula is C103H176O19. The molecule has 0 aliphatic carbocycles. The van der Waals surface area contributed by atoms with Gasteiger partial charge in [0, 0.05) is 34.9 Å². The fraction of sp³-hybridized carbons (Fsp3) is 0.660. The molecule has 0 spiro atoms. The summed E-state index contributed by atoms with van der Waals surface area (Å²) < 4.78 is 78.7. The second-order valence-corrected chi connectivity index (χ2v) is 30.5. The van der Waals surface area contributed by atoms with Gasteiger partial charge in [-0.1, -0.05) is 276 Å². The number of benzene rings is 4. The third-order valence-electron chi connectivity index (χ3n) is 19.4. The molecule has 702 valence electrons. The third-order valence-corrected chi connectivity index (χ3v) is 19.4. The van der Waals surface area contributed by atoms with E-state index in [9.17, 15) is 24.0 Å². The highest BCUT2D eigenvalue weighted by molar-refractivity contribution is 5.91. The van der Waals surface area contributed by atoms with Crippen molar-refractivity contribution >= 4 is 48.1 Å². The first-order valence-electron chi connectivity index (χ1n) is 44.5. The summed E-state index contributed by atoms with van der Waals surface area (Å²) in [5.74, 6) is 3.35. The van der Waals surface area contributed by atoms with E-state index in [4.69, 9.17) is 66.7 Å². The Morgan fingerprint density at radius 1 is 0.320 bits per heavy atom. The van der Waals surface area contributed by atoms with E-state index in [2.05, 4.69) is 69.2 Å². The minimum atomic E-state index is -1.04. The molecule has 1 N–H and O–H groups in total. The van der Waals surface area contributed by atoms with E-state index in [-0.39, 0.29) is 87.1 Å². The smallest absolute Gasteiger partial charge is 0.336 e. The Labute approximate surface area is 743 Å². The van der Waals surface area contributed by atoms with E-state index < -0.39 is 23.3 Å². The lowest BCUT2D eigenvalue weighted by molar-refractivity contribution is -0.154. The summed E-state index contributed by atoms with van der Waals surface area (Å²) in [6.07, 6.45) is 42.2. The van der Waals surface area contributed by atoms with Crippen LogP contribution in [0.4, 0.5) is 0 Å². The zero-order valence-corrected chi connectivity index (χ0v) is 74.3. The monoisotopic (exact) mass is 1720 g/mol. The largest absolute Gasteiger partial charge is 0.490 e. The number of unbranched alkanes of at least 4 members (excludes halogenated alkanes) is 22. The topological polar surface area (TPSA) is 226 Å². The number of hydrogen-bond donors (Lipinski definition) is 1. The maximum Gasteiger partial charge on any atom is 0.336 e. The number of hydrogen-bond acceptors (Lipinski definition) is 18. The van der Waals surface area contributed by atoms with Gasteiger partial charge < -0.3 is 66.7 Å². The summed E-state index contributed by atoms with van der Waals surface area (Å²) in [7, 11) is 0. The van der Waals surface area contributed by atoms with Crippen molar-refractivity contribution in [2.75, 3.05) is 72.7 Å². The first kappa shape index (κ1) is 122. The van der Waals surface area contributed by atoms with Gasteiger partial charge in [-0.2, -0.15) is 0 Å². The normalized spacial score (nSPS) is 11.0. The summed E-state index contributed by atoms with van der Waals surface area (Å²) in [6.45, 7) is 36.0. The van der Waals surface area contributed by atoms with Crippen molar-refractivity contribution in [2.45, 2.75) is 360 Å². The van der Waals surface area contributed by atoms with Gasteiger partial charge >= 0.3 is 29.8 Å². The number of carboxylic acid groups (broad SMARTS) is 1. The number of carbonyl (C=O) groups is 5. The van der Waals surface area contributed by atoms with Crippen LogP contribution in [0.3, 0.4) is 0 Å². The molecule has 0 radical (unpaired) electrons. The summed E-state index contributed by atoms with van der Waals surface area (Å²) in [5.41, 5.74) is 1.43. The van der Waals surface area contributed by atoms with Crippen LogP contribution < -0.4 is 52.1 Å². The average Bonchev–Trinajstić information content (AvgIpc) is 0.825. The molecule has 0 heterocycles. The van der Waals surface area contributed by atoms with Crippen molar-refractivity contribution < 1.29 is 90.7 Å². The van der Waals surface area contributed by atoms with E-state index in [1.54, 1.807) is 48.6 Å². The van der Waals surface area contributed by atoms with Crippen LogP contribution >= 0.6 is 0 Å². The Morgan fingerprint density at radius 3 is 0.869 bits per heavy atom. The van der Waals surface area contributed by atoms with Gasteiger partial charge in [-0.3, -0.25) is 9.59 Å². The molecule has 0 amide bonds. The predicted octanol–water partition coefficient (Wildman–Crippen LogP) is 29.4. The lowest BCUT2D eigenvalue weighted by Gasteiger charge is -2.20. The summed E-state index contributed by atoms with van der Waals surface area (Å²) in [4.78, 5) is 62.0. The Bertz CT molecular complexity index is 3350. The van der Waals surface area contributed by atoms with Crippen LogP contribution in [0.5, 0.6) is 63.2 Å². The summed E-state index contributed by atoms with van der Waals surface area (Å²) >= 11 is 0. The molecule has 0 bridgehead atoms. The Balaban J connectivity index is -0.000000832. The van der Waals surface area contributed by atoms with E-state index in [1.165, 1.54) is 24.6 Å². The lowest BCUT2D eigenvalue weighted by atomic mass is 9.91. The van der Waals surface area contributed by atoms with Gasteiger partial charge in [0.15, 0.2) is 34.5 Å². The minimum Gasteiger partial charge on any atom is -0.490 e. The van der Waals surface area contributed by atoms with Gasteiger partial charge in [0.25, 0.3) is 0 Å². The average molecular weight is 1720 g/mol. The second kappa shape index (κ2) is 78.6. The molecule has 19 nitrogen and oxygen atoms in total. The SMILES string of the molecule is C.C.C.C.C.C.CCC(C)C.CCCCCCOc1c(/C=C/C(=O)O)ccc(OCCOC(=O)C(C)CC)c1OCCCCCC.CCCCCCOc1ccc(/C=C/C(=O)Oc2ccc(OC(=O)/C=C/c3ccc(OCCCCOC(=O)C(C)(C)CC)c(OCCCCCC)c3OCCCCCC)cc2)c(OCCCCCC)c1OCCCCCC. The molecule has 1 atom stereocenters. The van der Waals surface area contributed by atoms with Crippen LogP contribution in [-0.2, 0) is 33.4 Å². The highest BCUT2D eigenvalue weighted by Gasteiger charge is 2.27. The van der Waals surface area contributed by atoms with Crippen molar-refractivity contribution in [3.05, 3.63) is 95.6 Å². The van der Waals surface area contributed by atoms with Crippen LogP contribution in [0.2, 0.25) is 0 Å². The number of carbonyl (C=O) groups excluding carboxylic acids is 4. The van der Waals surface area contributed by atoms with Crippen molar-refractivity contribution in [1.82, 2.24) is 0 Å². The molecule has 0 fully saturated rings. The minimum absolute atomic E-state index is 0. The zero-order chi connectivity index (χ0) is 85.2. The zero-order valence-electron chi connectivity index (χ0n) is 74.3. The van der Waals surface area contributed by atoms with Gasteiger partial charge in [-0.05, 0) is 169 Å². The van der Waals surface area contributed by atoms with E-state index in [0.717, 1.165) is 198 Å². The number of esters is 4. The highest BCUT2D eigenvalue weighted by Crippen LogP contribution is 2.45. The molecule has 4 aromatic carbocycles. The summed E-state index contributed by atoms with van der Waals surface area (Å²) in [5, 5.41) is 9.11.